The molecule has 0 spiro atoms. The molecule has 2 amide bonds. The normalized spacial score (nSPS) is 13.3. The first-order valence-electron chi connectivity index (χ1n) is 8.95. The molecule has 0 radical (unpaired) electrons. The minimum absolute atomic E-state index is 0.0381. The number of rotatable bonds is 7. The Morgan fingerprint density at radius 2 is 1.82 bits per heavy atom. The highest BCUT2D eigenvalue weighted by atomic mass is 16.6. The summed E-state index contributed by atoms with van der Waals surface area (Å²) in [4.78, 5) is 22.2. The summed E-state index contributed by atoms with van der Waals surface area (Å²) in [6.45, 7) is 3.83. The molecule has 0 fully saturated rings. The molecule has 0 saturated carbocycles. The van der Waals surface area contributed by atoms with Crippen LogP contribution >= 0.6 is 0 Å². The maximum absolute atomic E-state index is 12.1. The highest BCUT2D eigenvalue weighted by molar-refractivity contribution is 5.74. The van der Waals surface area contributed by atoms with E-state index in [0.717, 1.165) is 11.3 Å². The predicted octanol–water partition coefficient (Wildman–Crippen LogP) is 2.84. The fourth-order valence-corrected chi connectivity index (χ4v) is 2.74. The number of urea groups is 1. The van der Waals surface area contributed by atoms with Crippen LogP contribution in [0, 0.1) is 10.1 Å². The Balaban J connectivity index is 1.41. The fraction of sp³-hybridized carbons (Fsp3) is 0.316. The topological polar surface area (TPSA) is 115 Å². The average molecular weight is 386 g/mol. The number of amides is 2. The third-order valence-corrected chi connectivity index (χ3v) is 4.23. The third-order valence-electron chi connectivity index (χ3n) is 4.23. The van der Waals surface area contributed by atoms with E-state index in [1.165, 1.54) is 12.1 Å². The Bertz CT molecular complexity index is 841. The third kappa shape index (κ3) is 5.03. The van der Waals surface area contributed by atoms with Gasteiger partial charge in [-0.3, -0.25) is 10.1 Å². The van der Waals surface area contributed by atoms with Gasteiger partial charge in [0.2, 0.25) is 0 Å². The van der Waals surface area contributed by atoms with Crippen molar-refractivity contribution >= 4 is 17.4 Å². The zero-order valence-electron chi connectivity index (χ0n) is 15.4. The average Bonchev–Trinajstić information content (AvgIpc) is 2.71. The molecule has 0 bridgehead atoms. The summed E-state index contributed by atoms with van der Waals surface area (Å²) in [5, 5.41) is 19.4. The second kappa shape index (κ2) is 8.94. The Labute approximate surface area is 162 Å². The van der Waals surface area contributed by atoms with Crippen molar-refractivity contribution in [3.8, 4) is 11.5 Å². The van der Waals surface area contributed by atoms with Crippen LogP contribution < -0.4 is 25.4 Å². The number of fused-ring (bicyclic) bond motifs is 1. The number of ether oxygens (including phenoxy) is 2. The van der Waals surface area contributed by atoms with Crippen LogP contribution in [0.25, 0.3) is 0 Å². The second-order valence-corrected chi connectivity index (χ2v) is 6.26. The molecule has 1 unspecified atom stereocenters. The Hall–Kier alpha value is -3.49. The van der Waals surface area contributed by atoms with Crippen LogP contribution in [0.3, 0.4) is 0 Å². The minimum Gasteiger partial charge on any atom is -0.486 e. The quantitative estimate of drug-likeness (QED) is 0.383. The van der Waals surface area contributed by atoms with E-state index >= 15 is 0 Å². The maximum atomic E-state index is 12.1. The number of anilines is 1. The zero-order valence-corrected chi connectivity index (χ0v) is 15.4. The van der Waals surface area contributed by atoms with E-state index in [0.29, 0.717) is 37.8 Å². The summed E-state index contributed by atoms with van der Waals surface area (Å²) >= 11 is 0. The molecule has 0 aliphatic carbocycles. The predicted molar refractivity (Wildman–Crippen MR) is 104 cm³/mol. The molecule has 1 heterocycles. The van der Waals surface area contributed by atoms with Crippen LogP contribution in [-0.2, 0) is 0 Å². The molecule has 1 aliphatic heterocycles. The molecule has 1 atom stereocenters. The molecule has 2 aromatic rings. The summed E-state index contributed by atoms with van der Waals surface area (Å²) in [6, 6.07) is 11.2. The maximum Gasteiger partial charge on any atom is 0.315 e. The molecule has 0 aromatic heterocycles. The lowest BCUT2D eigenvalue weighted by Gasteiger charge is -2.21. The summed E-state index contributed by atoms with van der Waals surface area (Å²) in [5.41, 5.74) is 1.71. The highest BCUT2D eigenvalue weighted by Crippen LogP contribution is 2.32. The first-order valence-corrected chi connectivity index (χ1v) is 8.95. The molecular weight excluding hydrogens is 364 g/mol. The molecule has 0 saturated heterocycles. The van der Waals surface area contributed by atoms with E-state index in [2.05, 4.69) is 16.0 Å². The van der Waals surface area contributed by atoms with Gasteiger partial charge in [-0.15, -0.1) is 0 Å². The first-order chi connectivity index (χ1) is 13.5. The molecular formula is C19H22N4O5. The molecule has 1 aliphatic rings. The lowest BCUT2D eigenvalue weighted by atomic mass is 10.1. The Morgan fingerprint density at radius 1 is 1.11 bits per heavy atom. The Kier molecular flexibility index (Phi) is 6.15. The number of carbonyl (C=O) groups is 1. The number of nitrogens with one attached hydrogen (secondary N) is 3. The van der Waals surface area contributed by atoms with E-state index in [4.69, 9.17) is 9.47 Å². The van der Waals surface area contributed by atoms with Crippen LogP contribution in [-0.4, -0.2) is 37.3 Å². The van der Waals surface area contributed by atoms with Gasteiger partial charge in [-0.25, -0.2) is 4.79 Å². The van der Waals surface area contributed by atoms with Gasteiger partial charge in [0.05, 0.1) is 11.0 Å². The van der Waals surface area contributed by atoms with Crippen molar-refractivity contribution in [1.29, 1.82) is 0 Å². The van der Waals surface area contributed by atoms with Gasteiger partial charge >= 0.3 is 6.03 Å². The van der Waals surface area contributed by atoms with Crippen molar-refractivity contribution in [2.75, 3.05) is 31.6 Å². The van der Waals surface area contributed by atoms with Crippen molar-refractivity contribution in [3.05, 3.63) is 58.1 Å². The van der Waals surface area contributed by atoms with E-state index in [9.17, 15) is 14.9 Å². The van der Waals surface area contributed by atoms with E-state index < -0.39 is 4.92 Å². The molecule has 148 valence electrons. The van der Waals surface area contributed by atoms with Crippen LogP contribution in [0.4, 0.5) is 16.2 Å². The number of hydrogen-bond acceptors (Lipinski definition) is 6. The summed E-state index contributed by atoms with van der Waals surface area (Å²) in [7, 11) is 0. The number of carbonyl (C=O) groups excluding carboxylic acids is 1. The number of nitro benzene ring substituents is 1. The zero-order chi connectivity index (χ0) is 19.9. The van der Waals surface area contributed by atoms with Crippen molar-refractivity contribution in [2.24, 2.45) is 0 Å². The van der Waals surface area contributed by atoms with Gasteiger partial charge in [-0.2, -0.15) is 0 Å². The van der Waals surface area contributed by atoms with Crippen LogP contribution in [0.5, 0.6) is 11.5 Å². The Morgan fingerprint density at radius 3 is 2.54 bits per heavy atom. The summed E-state index contributed by atoms with van der Waals surface area (Å²) in [6.07, 6.45) is 0. The van der Waals surface area contributed by atoms with Crippen molar-refractivity contribution in [3.63, 3.8) is 0 Å². The monoisotopic (exact) mass is 386 g/mol. The van der Waals surface area contributed by atoms with Crippen LogP contribution in [0.15, 0.2) is 42.5 Å². The largest absolute Gasteiger partial charge is 0.486 e. The molecule has 3 rings (SSSR count). The van der Waals surface area contributed by atoms with Crippen molar-refractivity contribution in [2.45, 2.75) is 13.0 Å². The van der Waals surface area contributed by atoms with Crippen molar-refractivity contribution in [1.82, 2.24) is 10.6 Å². The lowest BCUT2D eigenvalue weighted by Crippen LogP contribution is -2.39. The van der Waals surface area contributed by atoms with Gasteiger partial charge in [0.1, 0.15) is 13.2 Å². The van der Waals surface area contributed by atoms with Gasteiger partial charge in [0.25, 0.3) is 5.69 Å². The smallest absolute Gasteiger partial charge is 0.315 e. The first kappa shape index (κ1) is 19.3. The number of benzene rings is 2. The summed E-state index contributed by atoms with van der Waals surface area (Å²) < 4.78 is 11.1. The molecule has 2 aromatic carbocycles. The second-order valence-electron chi connectivity index (χ2n) is 6.26. The van der Waals surface area contributed by atoms with Crippen LogP contribution in [0.2, 0.25) is 0 Å². The van der Waals surface area contributed by atoms with E-state index in [-0.39, 0.29) is 17.8 Å². The molecule has 9 heteroatoms. The van der Waals surface area contributed by atoms with Gasteiger partial charge in [-0.05, 0) is 36.8 Å². The number of nitro groups is 1. The van der Waals surface area contributed by atoms with Gasteiger partial charge in [-0.1, -0.05) is 6.07 Å². The number of hydrogen-bond donors (Lipinski definition) is 3. The van der Waals surface area contributed by atoms with Gasteiger partial charge < -0.3 is 25.4 Å². The highest BCUT2D eigenvalue weighted by Gasteiger charge is 2.15. The lowest BCUT2D eigenvalue weighted by molar-refractivity contribution is -0.384. The molecule has 3 N–H and O–H groups in total. The number of non-ortho nitro benzene ring substituents is 1. The van der Waals surface area contributed by atoms with E-state index in [1.54, 1.807) is 12.1 Å². The summed E-state index contributed by atoms with van der Waals surface area (Å²) in [5.74, 6) is 1.40. The number of nitrogens with zero attached hydrogens (tertiary/aromatic N) is 1. The van der Waals surface area contributed by atoms with E-state index in [1.807, 2.05) is 25.1 Å². The van der Waals surface area contributed by atoms with Gasteiger partial charge in [0.15, 0.2) is 11.5 Å². The standard InChI is InChI=1S/C19H22N4O5/c1-13(14-2-7-17-18(12-14)28-11-10-27-17)22-19(24)21-9-8-20-15-3-5-16(6-4-15)23(25)26/h2-7,12-13,20H,8-11H2,1H3,(H2,21,22,24). The molecule has 9 nitrogen and oxygen atoms in total. The SMILES string of the molecule is CC(NC(=O)NCCNc1ccc([N+](=O)[O-])cc1)c1ccc2c(c1)OCCO2. The fourth-order valence-electron chi connectivity index (χ4n) is 2.74. The van der Waals surface area contributed by atoms with Crippen molar-refractivity contribution < 1.29 is 19.2 Å². The minimum atomic E-state index is -0.446. The van der Waals surface area contributed by atoms with Gasteiger partial charge in [0, 0.05) is 30.9 Å². The van der Waals surface area contributed by atoms with Crippen LogP contribution in [0.1, 0.15) is 18.5 Å². The molecule has 28 heavy (non-hydrogen) atoms.